The summed E-state index contributed by atoms with van der Waals surface area (Å²) in [6.45, 7) is 0.199. The second-order valence-corrected chi connectivity index (χ2v) is 4.88. The van der Waals surface area contributed by atoms with E-state index in [1.165, 1.54) is 18.9 Å². The summed E-state index contributed by atoms with van der Waals surface area (Å²) >= 11 is 0. The van der Waals surface area contributed by atoms with Gasteiger partial charge < -0.3 is 5.11 Å². The normalized spacial score (nSPS) is 34.1. The minimum absolute atomic E-state index is 0.0138. The molecule has 1 aromatic carbocycles. The maximum Gasteiger partial charge on any atom is 0.126 e. The molecule has 2 fully saturated rings. The molecule has 1 N–H and O–H groups in total. The van der Waals surface area contributed by atoms with E-state index in [-0.39, 0.29) is 17.8 Å². The summed E-state index contributed by atoms with van der Waals surface area (Å²) in [5.74, 6) is 0.814. The number of rotatable bonds is 3. The molecule has 2 heteroatoms. The van der Waals surface area contributed by atoms with Gasteiger partial charge in [-0.2, -0.15) is 0 Å². The lowest BCUT2D eigenvalue weighted by atomic mass is 9.88. The van der Waals surface area contributed by atoms with Gasteiger partial charge in [-0.3, -0.25) is 0 Å². The van der Waals surface area contributed by atoms with Crippen molar-refractivity contribution in [2.24, 2.45) is 11.8 Å². The van der Waals surface area contributed by atoms with Crippen molar-refractivity contribution in [2.75, 3.05) is 6.61 Å². The second kappa shape index (κ2) is 3.05. The molecule has 0 heterocycles. The van der Waals surface area contributed by atoms with E-state index in [1.54, 1.807) is 6.07 Å². The lowest BCUT2D eigenvalue weighted by Crippen LogP contribution is -2.16. The summed E-state index contributed by atoms with van der Waals surface area (Å²) in [5.41, 5.74) is 0.826. The van der Waals surface area contributed by atoms with Crippen LogP contribution in [0.3, 0.4) is 0 Å². The minimum atomic E-state index is -0.0969. The van der Waals surface area contributed by atoms with Gasteiger partial charge in [0.05, 0.1) is 0 Å². The van der Waals surface area contributed by atoms with Crippen molar-refractivity contribution in [1.82, 2.24) is 0 Å². The van der Waals surface area contributed by atoms with Gasteiger partial charge >= 0.3 is 0 Å². The zero-order valence-corrected chi connectivity index (χ0v) is 8.62. The fourth-order valence-electron chi connectivity index (χ4n) is 3.06. The topological polar surface area (TPSA) is 20.2 Å². The average Bonchev–Trinajstić information content (AvgIpc) is 3.12. The first-order valence-electron chi connectivity index (χ1n) is 5.65. The van der Waals surface area contributed by atoms with Gasteiger partial charge in [-0.1, -0.05) is 18.2 Å². The molecule has 0 aromatic heterocycles. The molecular formula is C13H15FO. The summed E-state index contributed by atoms with van der Waals surface area (Å²) in [5, 5.41) is 9.25. The van der Waals surface area contributed by atoms with E-state index in [1.807, 2.05) is 12.1 Å². The molecule has 2 unspecified atom stereocenters. The Hall–Kier alpha value is -0.890. The Balaban J connectivity index is 2.01. The van der Waals surface area contributed by atoms with Crippen LogP contribution in [-0.4, -0.2) is 11.7 Å². The van der Waals surface area contributed by atoms with Crippen LogP contribution in [0.15, 0.2) is 24.3 Å². The molecule has 15 heavy (non-hydrogen) atoms. The Kier molecular flexibility index (Phi) is 1.90. The highest BCUT2D eigenvalue weighted by Crippen LogP contribution is 2.66. The fraction of sp³-hybridized carbons (Fsp3) is 0.538. The molecule has 0 amide bonds. The van der Waals surface area contributed by atoms with Crippen molar-refractivity contribution in [3.05, 3.63) is 35.6 Å². The van der Waals surface area contributed by atoms with E-state index >= 15 is 0 Å². The molecule has 2 aliphatic rings. The Morgan fingerprint density at radius 2 is 2.07 bits per heavy atom. The molecular weight excluding hydrogens is 191 g/mol. The lowest BCUT2D eigenvalue weighted by molar-refractivity contribution is 0.258. The van der Waals surface area contributed by atoms with Gasteiger partial charge in [0, 0.05) is 12.0 Å². The van der Waals surface area contributed by atoms with Crippen molar-refractivity contribution in [3.8, 4) is 0 Å². The maximum atomic E-state index is 13.7. The average molecular weight is 206 g/mol. The van der Waals surface area contributed by atoms with Crippen molar-refractivity contribution in [2.45, 2.75) is 24.7 Å². The molecule has 0 spiro atoms. The third-order valence-corrected chi connectivity index (χ3v) is 4.05. The summed E-state index contributed by atoms with van der Waals surface area (Å²) in [7, 11) is 0. The number of halogens is 1. The molecule has 0 aliphatic heterocycles. The Bertz CT molecular complexity index is 386. The second-order valence-electron chi connectivity index (χ2n) is 4.88. The first-order valence-corrected chi connectivity index (χ1v) is 5.65. The highest BCUT2D eigenvalue weighted by Gasteiger charge is 2.63. The molecule has 0 radical (unpaired) electrons. The molecule has 2 saturated carbocycles. The third kappa shape index (κ3) is 1.24. The fourth-order valence-corrected chi connectivity index (χ4v) is 3.06. The molecule has 1 nitrogen and oxygen atoms in total. The van der Waals surface area contributed by atoms with Crippen LogP contribution < -0.4 is 0 Å². The minimum Gasteiger partial charge on any atom is -0.396 e. The number of aliphatic hydroxyl groups is 1. The van der Waals surface area contributed by atoms with Gasteiger partial charge in [0.1, 0.15) is 5.82 Å². The van der Waals surface area contributed by atoms with E-state index in [9.17, 15) is 9.50 Å². The largest absolute Gasteiger partial charge is 0.396 e. The predicted molar refractivity (Wildman–Crippen MR) is 56.0 cm³/mol. The molecule has 80 valence electrons. The van der Waals surface area contributed by atoms with Crippen molar-refractivity contribution < 1.29 is 9.50 Å². The summed E-state index contributed by atoms with van der Waals surface area (Å²) < 4.78 is 13.7. The number of hydrogen-bond donors (Lipinski definition) is 1. The van der Waals surface area contributed by atoms with Crippen LogP contribution in [0.1, 0.15) is 24.8 Å². The van der Waals surface area contributed by atoms with E-state index in [0.29, 0.717) is 11.8 Å². The molecule has 3 rings (SSSR count). The van der Waals surface area contributed by atoms with Gasteiger partial charge in [0.15, 0.2) is 0 Å². The van der Waals surface area contributed by atoms with Gasteiger partial charge in [-0.15, -0.1) is 0 Å². The standard InChI is InChI=1S/C13H15FO/c14-12-4-2-1-3-11(12)13(9-5-6-9)7-10(13)8-15/h1-4,9-10,15H,5-8H2. The first kappa shape index (κ1) is 9.34. The SMILES string of the molecule is OCC1CC1(c1ccccc1F)C1CC1. The first-order chi connectivity index (χ1) is 7.29. The maximum absolute atomic E-state index is 13.7. The summed E-state index contributed by atoms with van der Waals surface area (Å²) in [6, 6.07) is 7.06. The van der Waals surface area contributed by atoms with Crippen LogP contribution in [0.4, 0.5) is 4.39 Å². The van der Waals surface area contributed by atoms with E-state index in [0.717, 1.165) is 12.0 Å². The monoisotopic (exact) mass is 206 g/mol. The van der Waals surface area contributed by atoms with Crippen LogP contribution >= 0.6 is 0 Å². The molecule has 0 saturated heterocycles. The highest BCUT2D eigenvalue weighted by atomic mass is 19.1. The van der Waals surface area contributed by atoms with E-state index < -0.39 is 0 Å². The van der Waals surface area contributed by atoms with Crippen LogP contribution in [-0.2, 0) is 5.41 Å². The highest BCUT2D eigenvalue weighted by molar-refractivity contribution is 5.37. The van der Waals surface area contributed by atoms with Gasteiger partial charge in [-0.05, 0) is 42.7 Å². The van der Waals surface area contributed by atoms with Crippen molar-refractivity contribution in [1.29, 1.82) is 0 Å². The Labute approximate surface area is 88.9 Å². The van der Waals surface area contributed by atoms with Crippen molar-refractivity contribution in [3.63, 3.8) is 0 Å². The Morgan fingerprint density at radius 1 is 1.33 bits per heavy atom. The van der Waals surface area contributed by atoms with Gasteiger partial charge in [-0.25, -0.2) is 4.39 Å². The van der Waals surface area contributed by atoms with Gasteiger partial charge in [0.25, 0.3) is 0 Å². The summed E-state index contributed by atoms with van der Waals surface area (Å²) in [6.07, 6.45) is 3.37. The molecule has 1 aromatic rings. The van der Waals surface area contributed by atoms with Crippen LogP contribution in [0.5, 0.6) is 0 Å². The van der Waals surface area contributed by atoms with Crippen molar-refractivity contribution >= 4 is 0 Å². The Morgan fingerprint density at radius 3 is 2.60 bits per heavy atom. The molecule has 2 atom stereocenters. The quantitative estimate of drug-likeness (QED) is 0.805. The van der Waals surface area contributed by atoms with E-state index in [2.05, 4.69) is 0 Å². The van der Waals surface area contributed by atoms with Crippen LogP contribution in [0.25, 0.3) is 0 Å². The zero-order valence-electron chi connectivity index (χ0n) is 8.62. The van der Waals surface area contributed by atoms with Crippen LogP contribution in [0.2, 0.25) is 0 Å². The third-order valence-electron chi connectivity index (χ3n) is 4.05. The number of aliphatic hydroxyl groups excluding tert-OH is 1. The van der Waals surface area contributed by atoms with Gasteiger partial charge in [0.2, 0.25) is 0 Å². The van der Waals surface area contributed by atoms with Crippen LogP contribution in [0, 0.1) is 17.7 Å². The smallest absolute Gasteiger partial charge is 0.126 e. The van der Waals surface area contributed by atoms with E-state index in [4.69, 9.17) is 0 Å². The molecule has 0 bridgehead atoms. The summed E-state index contributed by atoms with van der Waals surface area (Å²) in [4.78, 5) is 0. The lowest BCUT2D eigenvalue weighted by Gasteiger charge is -2.17. The molecule has 2 aliphatic carbocycles. The predicted octanol–water partition coefficient (Wildman–Crippen LogP) is 2.49. The number of benzene rings is 1. The zero-order chi connectivity index (χ0) is 10.5. The number of hydrogen-bond acceptors (Lipinski definition) is 1.